The molecule has 0 aliphatic carbocycles. The highest BCUT2D eigenvalue weighted by Gasteiger charge is 2.10. The average molecular weight is 361 g/mol. The molecule has 7 nitrogen and oxygen atoms in total. The van der Waals surface area contributed by atoms with Crippen LogP contribution in [0.4, 0.5) is 10.1 Å². The standard InChI is InChI=1S/C19H12FN5O2/c20-14-3-1-2-4-17(14)27-19-23-10-13(11-24-19)25-18(26)12-5-6-15-16(9-12)22-8-7-21-15/h1-11H,(H,25,26). The molecule has 0 spiro atoms. The molecule has 132 valence electrons. The van der Waals surface area contributed by atoms with Gasteiger partial charge in [-0.1, -0.05) is 12.1 Å². The third kappa shape index (κ3) is 3.69. The Balaban J connectivity index is 1.47. The van der Waals surface area contributed by atoms with Crippen molar-refractivity contribution in [2.24, 2.45) is 0 Å². The van der Waals surface area contributed by atoms with E-state index in [9.17, 15) is 9.18 Å². The zero-order chi connectivity index (χ0) is 18.6. The Bertz CT molecular complexity index is 1120. The Labute approximate surface area is 152 Å². The van der Waals surface area contributed by atoms with Gasteiger partial charge in [-0.15, -0.1) is 0 Å². The van der Waals surface area contributed by atoms with Gasteiger partial charge in [-0.3, -0.25) is 14.8 Å². The second kappa shape index (κ2) is 7.12. The minimum absolute atomic E-state index is 0.0200. The van der Waals surface area contributed by atoms with Gasteiger partial charge in [-0.25, -0.2) is 14.4 Å². The summed E-state index contributed by atoms with van der Waals surface area (Å²) in [5.41, 5.74) is 2.12. The summed E-state index contributed by atoms with van der Waals surface area (Å²) in [6.07, 6.45) is 5.90. The number of ether oxygens (including phenoxy) is 1. The van der Waals surface area contributed by atoms with E-state index in [1.165, 1.54) is 24.5 Å². The fourth-order valence-corrected chi connectivity index (χ4v) is 2.37. The molecule has 0 aliphatic rings. The van der Waals surface area contributed by atoms with Crippen LogP contribution in [0.15, 0.2) is 67.3 Å². The summed E-state index contributed by atoms with van der Waals surface area (Å²) in [4.78, 5) is 28.7. The van der Waals surface area contributed by atoms with Gasteiger partial charge in [0.25, 0.3) is 5.91 Å². The van der Waals surface area contributed by atoms with Crippen molar-refractivity contribution in [1.29, 1.82) is 0 Å². The Kier molecular flexibility index (Phi) is 4.36. The van der Waals surface area contributed by atoms with Crippen molar-refractivity contribution < 1.29 is 13.9 Å². The lowest BCUT2D eigenvalue weighted by atomic mass is 10.2. The topological polar surface area (TPSA) is 89.9 Å². The molecule has 0 fully saturated rings. The predicted octanol–water partition coefficient (Wildman–Crippen LogP) is 3.60. The Morgan fingerprint density at radius 3 is 2.44 bits per heavy atom. The molecule has 1 N–H and O–H groups in total. The van der Waals surface area contributed by atoms with Crippen LogP contribution in [-0.2, 0) is 0 Å². The molecule has 0 atom stereocenters. The molecular formula is C19H12FN5O2. The molecule has 0 bridgehead atoms. The normalized spacial score (nSPS) is 10.6. The molecule has 2 aromatic heterocycles. The summed E-state index contributed by atoms with van der Waals surface area (Å²) in [5.74, 6) is -0.835. The minimum Gasteiger partial charge on any atom is -0.421 e. The van der Waals surface area contributed by atoms with Crippen LogP contribution in [0, 0.1) is 5.82 Å². The number of benzene rings is 2. The number of fused-ring (bicyclic) bond motifs is 1. The number of para-hydroxylation sites is 1. The third-order valence-corrected chi connectivity index (χ3v) is 3.66. The number of halogens is 1. The molecule has 2 aromatic carbocycles. The third-order valence-electron chi connectivity index (χ3n) is 3.66. The second-order valence-corrected chi connectivity index (χ2v) is 5.50. The van der Waals surface area contributed by atoms with E-state index in [1.54, 1.807) is 42.7 Å². The van der Waals surface area contributed by atoms with Crippen molar-refractivity contribution in [3.05, 3.63) is 78.6 Å². The Morgan fingerprint density at radius 2 is 1.67 bits per heavy atom. The van der Waals surface area contributed by atoms with E-state index in [2.05, 4.69) is 25.3 Å². The monoisotopic (exact) mass is 361 g/mol. The highest BCUT2D eigenvalue weighted by Crippen LogP contribution is 2.21. The number of amides is 1. The molecule has 0 unspecified atom stereocenters. The summed E-state index contributed by atoms with van der Waals surface area (Å²) in [5, 5.41) is 2.68. The lowest BCUT2D eigenvalue weighted by Crippen LogP contribution is -2.12. The van der Waals surface area contributed by atoms with Crippen LogP contribution in [0.5, 0.6) is 11.8 Å². The van der Waals surface area contributed by atoms with Crippen molar-refractivity contribution >= 4 is 22.6 Å². The van der Waals surface area contributed by atoms with E-state index >= 15 is 0 Å². The smallest absolute Gasteiger partial charge is 0.322 e. The Hall–Kier alpha value is -3.94. The zero-order valence-corrected chi connectivity index (χ0v) is 13.8. The lowest BCUT2D eigenvalue weighted by molar-refractivity contribution is 0.102. The second-order valence-electron chi connectivity index (χ2n) is 5.50. The number of carbonyl (C=O) groups is 1. The van der Waals surface area contributed by atoms with Crippen LogP contribution in [-0.4, -0.2) is 25.8 Å². The first-order valence-corrected chi connectivity index (χ1v) is 7.95. The van der Waals surface area contributed by atoms with Gasteiger partial charge in [0, 0.05) is 18.0 Å². The van der Waals surface area contributed by atoms with E-state index in [0.29, 0.717) is 22.3 Å². The quantitative estimate of drug-likeness (QED) is 0.597. The highest BCUT2D eigenvalue weighted by atomic mass is 19.1. The van der Waals surface area contributed by atoms with Gasteiger partial charge in [0.2, 0.25) is 0 Å². The number of hydrogen-bond acceptors (Lipinski definition) is 6. The average Bonchev–Trinajstić information content (AvgIpc) is 2.71. The lowest BCUT2D eigenvalue weighted by Gasteiger charge is -2.07. The van der Waals surface area contributed by atoms with Gasteiger partial charge < -0.3 is 10.1 Å². The summed E-state index contributed by atoms with van der Waals surface area (Å²) in [6.45, 7) is 0. The SMILES string of the molecule is O=C(Nc1cnc(Oc2ccccc2F)nc1)c1ccc2nccnc2c1. The zero-order valence-electron chi connectivity index (χ0n) is 13.8. The molecule has 0 saturated heterocycles. The van der Waals surface area contributed by atoms with Crippen molar-refractivity contribution in [3.63, 3.8) is 0 Å². The van der Waals surface area contributed by atoms with Crippen LogP contribution in [0.25, 0.3) is 11.0 Å². The van der Waals surface area contributed by atoms with Gasteiger partial charge in [-0.05, 0) is 30.3 Å². The van der Waals surface area contributed by atoms with Gasteiger partial charge in [0.15, 0.2) is 11.6 Å². The maximum Gasteiger partial charge on any atom is 0.322 e. The summed E-state index contributed by atoms with van der Waals surface area (Å²) < 4.78 is 18.9. The van der Waals surface area contributed by atoms with Crippen molar-refractivity contribution in [3.8, 4) is 11.8 Å². The van der Waals surface area contributed by atoms with Crippen molar-refractivity contribution in [2.45, 2.75) is 0 Å². The Morgan fingerprint density at radius 1 is 0.926 bits per heavy atom. The first-order valence-electron chi connectivity index (χ1n) is 7.95. The van der Waals surface area contributed by atoms with E-state index in [0.717, 1.165) is 0 Å². The molecule has 27 heavy (non-hydrogen) atoms. The molecule has 0 aliphatic heterocycles. The molecule has 2 heterocycles. The van der Waals surface area contributed by atoms with Crippen LogP contribution < -0.4 is 10.1 Å². The van der Waals surface area contributed by atoms with Crippen molar-refractivity contribution in [1.82, 2.24) is 19.9 Å². The number of hydrogen-bond donors (Lipinski definition) is 1. The number of nitrogens with zero attached hydrogens (tertiary/aromatic N) is 4. The molecule has 8 heteroatoms. The van der Waals surface area contributed by atoms with Gasteiger partial charge >= 0.3 is 6.01 Å². The molecular weight excluding hydrogens is 349 g/mol. The number of anilines is 1. The van der Waals surface area contributed by atoms with Gasteiger partial charge in [0.05, 0.1) is 29.1 Å². The first kappa shape index (κ1) is 16.5. The number of rotatable bonds is 4. The number of carbonyl (C=O) groups excluding carboxylic acids is 1. The van der Waals surface area contributed by atoms with E-state index < -0.39 is 5.82 Å². The van der Waals surface area contributed by atoms with E-state index in [-0.39, 0.29) is 17.7 Å². The molecule has 4 rings (SSSR count). The number of nitrogens with one attached hydrogen (secondary N) is 1. The van der Waals surface area contributed by atoms with E-state index in [1.807, 2.05) is 0 Å². The fraction of sp³-hybridized carbons (Fsp3) is 0. The van der Waals surface area contributed by atoms with Crippen LogP contribution >= 0.6 is 0 Å². The van der Waals surface area contributed by atoms with Gasteiger partial charge in [-0.2, -0.15) is 0 Å². The van der Waals surface area contributed by atoms with Crippen LogP contribution in [0.3, 0.4) is 0 Å². The first-order chi connectivity index (χ1) is 13.2. The molecule has 1 amide bonds. The maximum absolute atomic E-state index is 13.6. The van der Waals surface area contributed by atoms with Crippen LogP contribution in [0.2, 0.25) is 0 Å². The van der Waals surface area contributed by atoms with Gasteiger partial charge in [0.1, 0.15) is 0 Å². The predicted molar refractivity (Wildman–Crippen MR) is 96.0 cm³/mol. The molecule has 0 radical (unpaired) electrons. The fourth-order valence-electron chi connectivity index (χ4n) is 2.37. The highest BCUT2D eigenvalue weighted by molar-refractivity contribution is 6.05. The van der Waals surface area contributed by atoms with Crippen molar-refractivity contribution in [2.75, 3.05) is 5.32 Å². The maximum atomic E-state index is 13.6. The molecule has 0 saturated carbocycles. The summed E-state index contributed by atoms with van der Waals surface area (Å²) in [7, 11) is 0. The van der Waals surface area contributed by atoms with E-state index in [4.69, 9.17) is 4.74 Å². The molecule has 4 aromatic rings. The minimum atomic E-state index is -0.516. The van der Waals surface area contributed by atoms with Crippen LogP contribution in [0.1, 0.15) is 10.4 Å². The number of aromatic nitrogens is 4. The summed E-state index contributed by atoms with van der Waals surface area (Å²) in [6, 6.07) is 10.9. The summed E-state index contributed by atoms with van der Waals surface area (Å²) >= 11 is 0. The largest absolute Gasteiger partial charge is 0.421 e.